The summed E-state index contributed by atoms with van der Waals surface area (Å²) in [6.07, 6.45) is 0.482. The normalized spacial score (nSPS) is 18.4. The number of hydrogen-bond acceptors (Lipinski definition) is 18. The standard InChI is InChI=1S/C35H33F4N3O3.C35H32F2N6O3.C35H36FN3O3/c1-21-16-22(6-9-31(21)36)28-17-23(7-10-32(28)44-25-12-14-40-19-25)34(43)42-24-8-11-33(45-26-13-15-41-20-26)29(18-24)27-4-2-3-5-30(27)35(37,38)39;36-30-8-5-23(16-31(30)37)28-15-24(6-9-32(28)45-26-11-13-38-18-26)35(44)42-25-7-10-33(46-27-12-14-39-19-27)29(17-25)21-1-3-22(4-2-21)34-40-20-41-43-34;1-22-3-5-24(6-4-22)31-19-27(9-12-34(31)42-29-14-16-38-21-29)39-35(40)26-8-11-33(41-28-13-15-37-20-28)30(18-26)25-7-10-32(36)23(2)17-25/h2-11,16-18,25-26,40-41H,12-15,19-20H2,1H3,(H,42,43);1-10,15-17,26-27,38-39H,11-14,18-20H2,(H,42,44);3-12,17-19,28-29,37-38H,13-16,20-21H2,1-2H3,(H,39,40)/t25-,26-;26-,27-;28-,29-/m000/s1. The number of ether oxygens (including phenoxy) is 6. The topological polar surface area (TPSA) is 252 Å². The van der Waals surface area contributed by atoms with Crippen molar-refractivity contribution in [3.63, 3.8) is 0 Å². The number of halogens is 7. The van der Waals surface area contributed by atoms with Gasteiger partial charge in [0.2, 0.25) is 0 Å². The van der Waals surface area contributed by atoms with Crippen molar-refractivity contribution >= 4 is 40.6 Å². The van der Waals surface area contributed by atoms with Crippen LogP contribution in [0.2, 0.25) is 0 Å². The van der Waals surface area contributed by atoms with Crippen LogP contribution in [0, 0.1) is 44.0 Å². The van der Waals surface area contributed by atoms with E-state index in [0.717, 1.165) is 160 Å². The second kappa shape index (κ2) is 41.9. The molecule has 21 nitrogen and oxygen atoms in total. The van der Waals surface area contributed by atoms with Gasteiger partial charge in [-0.1, -0.05) is 90.5 Å². The molecule has 7 heterocycles. The molecule has 7 aliphatic heterocycles. The van der Waals surface area contributed by atoms with Gasteiger partial charge in [0.15, 0.2) is 24.1 Å². The maximum Gasteiger partial charge on any atom is 0.417 e. The average Bonchev–Trinajstić information content (AvgIpc) is 1.72. The molecule has 9 N–H and O–H groups in total. The van der Waals surface area contributed by atoms with Crippen molar-refractivity contribution in [3.05, 3.63) is 304 Å². The first-order valence-corrected chi connectivity index (χ1v) is 44.9. The number of alkyl halides is 3. The van der Waals surface area contributed by atoms with Gasteiger partial charge in [-0.25, -0.2) is 22.6 Å². The molecule has 0 radical (unpaired) electrons. The zero-order valence-electron chi connectivity index (χ0n) is 73.6. The van der Waals surface area contributed by atoms with E-state index in [4.69, 9.17) is 28.4 Å². The number of aliphatic imine (C=N–C) groups is 1. The number of carbonyl (C=O) groups is 3. The van der Waals surface area contributed by atoms with Gasteiger partial charge in [0.1, 0.15) is 82.8 Å². The second-order valence-corrected chi connectivity index (χ2v) is 33.9. The molecule has 6 fully saturated rings. The SMILES string of the molecule is Cc1cc(-c2cc(C(=O)Nc3ccc(O[C@H]4CCNC4)c(-c4ccccc4C(F)(F)F)c3)ccc2O[C@H]2CCNC2)ccc1F.Cc1ccc(-c2cc(NC(=O)c3ccc(O[C@H]4CCNC4)c(-c4ccc(F)c(C)c4)c3)ccc2O[C@H]2CCNC2)cc1.O=C(Nc1ccc(O[C@H]2CCNC2)c(-c2ccc(C3=NCN=N3)cc2)c1)c1ccc(O[C@H]2CCNC2)c(-c2ccc(F)c(F)c2)c1. The fraction of sp³-hybridized carbons (Fsp3) is 0.276. The monoisotopic (exact) mass is 1810 g/mol. The number of aryl methyl sites for hydroxylation is 3. The van der Waals surface area contributed by atoms with Crippen molar-refractivity contribution in [1.82, 2.24) is 31.9 Å². The maximum absolute atomic E-state index is 14.3. The summed E-state index contributed by atoms with van der Waals surface area (Å²) in [4.78, 5) is 45.0. The van der Waals surface area contributed by atoms with E-state index in [-0.39, 0.29) is 71.2 Å². The Labute approximate surface area is 766 Å². The van der Waals surface area contributed by atoms with Crippen LogP contribution in [0.1, 0.15) is 97.4 Å². The molecule has 0 unspecified atom stereocenters. The molecule has 3 amide bonds. The summed E-state index contributed by atoms with van der Waals surface area (Å²) in [5.74, 6) is 0.547. The first kappa shape index (κ1) is 91.3. The summed E-state index contributed by atoms with van der Waals surface area (Å²) in [6, 6.07) is 66.4. The number of nitrogens with one attached hydrogen (secondary N) is 9. The summed E-state index contributed by atoms with van der Waals surface area (Å²) < 4.78 is 136. The Morgan fingerprint density at radius 1 is 0.323 bits per heavy atom. The third kappa shape index (κ3) is 22.8. The van der Waals surface area contributed by atoms with Crippen molar-refractivity contribution in [2.75, 3.05) is 101 Å². The van der Waals surface area contributed by atoms with Crippen LogP contribution in [0.5, 0.6) is 34.5 Å². The molecule has 0 spiro atoms. The quantitative estimate of drug-likeness (QED) is 0.0241. The van der Waals surface area contributed by atoms with E-state index in [9.17, 15) is 45.1 Å². The van der Waals surface area contributed by atoms with Gasteiger partial charge >= 0.3 is 6.18 Å². The van der Waals surface area contributed by atoms with Crippen LogP contribution < -0.4 is 76.3 Å². The van der Waals surface area contributed by atoms with Crippen LogP contribution in [0.15, 0.2) is 252 Å². The molecule has 19 rings (SSSR count). The minimum atomic E-state index is -4.59. The van der Waals surface area contributed by atoms with Crippen molar-refractivity contribution in [1.29, 1.82) is 0 Å². The largest absolute Gasteiger partial charge is 0.488 e. The zero-order chi connectivity index (χ0) is 92.1. The van der Waals surface area contributed by atoms with Gasteiger partial charge in [-0.15, -0.1) is 5.11 Å². The summed E-state index contributed by atoms with van der Waals surface area (Å²) in [6.45, 7) is 15.3. The third-order valence-electron chi connectivity index (χ3n) is 24.2. The Hall–Kier alpha value is -13.6. The van der Waals surface area contributed by atoms with Crippen LogP contribution in [-0.2, 0) is 6.18 Å². The molecule has 6 atom stereocenters. The van der Waals surface area contributed by atoms with Crippen LogP contribution >= 0.6 is 0 Å². The number of anilines is 3. The predicted molar refractivity (Wildman–Crippen MR) is 502 cm³/mol. The number of azo groups is 1. The van der Waals surface area contributed by atoms with Crippen LogP contribution in [0.3, 0.4) is 0 Å². The van der Waals surface area contributed by atoms with Crippen molar-refractivity contribution in [2.45, 2.75) is 102 Å². The molecule has 7 aliphatic rings. The lowest BCUT2D eigenvalue weighted by molar-refractivity contribution is -0.137. The predicted octanol–water partition coefficient (Wildman–Crippen LogP) is 19.9. The number of amides is 3. The lowest BCUT2D eigenvalue weighted by Crippen LogP contribution is -2.20. The van der Waals surface area contributed by atoms with E-state index >= 15 is 0 Å². The molecule has 12 aromatic carbocycles. The smallest absolute Gasteiger partial charge is 0.417 e. The minimum Gasteiger partial charge on any atom is -0.488 e. The highest BCUT2D eigenvalue weighted by Crippen LogP contribution is 2.45. The maximum atomic E-state index is 14.3. The molecule has 684 valence electrons. The fourth-order valence-electron chi connectivity index (χ4n) is 17.0. The lowest BCUT2D eigenvalue weighted by Gasteiger charge is -2.20. The summed E-state index contributed by atoms with van der Waals surface area (Å²) in [5.41, 5.74) is 12.6. The molecule has 0 aliphatic carbocycles. The number of amidine groups is 1. The first-order chi connectivity index (χ1) is 64.6. The molecule has 6 saturated heterocycles. The third-order valence-corrected chi connectivity index (χ3v) is 24.2. The Bertz CT molecular complexity index is 6280. The van der Waals surface area contributed by atoms with Gasteiger partial charge in [0.25, 0.3) is 17.7 Å². The van der Waals surface area contributed by atoms with Crippen molar-refractivity contribution in [3.8, 4) is 101 Å². The van der Waals surface area contributed by atoms with E-state index in [0.29, 0.717) is 128 Å². The van der Waals surface area contributed by atoms with Gasteiger partial charge < -0.3 is 76.3 Å². The van der Waals surface area contributed by atoms with Gasteiger partial charge in [-0.3, -0.25) is 14.4 Å². The second-order valence-electron chi connectivity index (χ2n) is 33.9. The molecule has 0 bridgehead atoms. The Kier molecular flexibility index (Phi) is 28.7. The number of carbonyl (C=O) groups excluding carboxylic acids is 3. The average molecular weight is 1810 g/mol. The van der Waals surface area contributed by atoms with Gasteiger partial charge in [-0.05, 0) is 295 Å². The molecule has 12 aromatic rings. The highest BCUT2D eigenvalue weighted by Gasteiger charge is 2.36. The molecular formula is C105H101F7N12O9. The van der Waals surface area contributed by atoms with E-state index < -0.39 is 29.3 Å². The van der Waals surface area contributed by atoms with Crippen LogP contribution in [0.25, 0.3) is 66.8 Å². The lowest BCUT2D eigenvalue weighted by atomic mass is 9.97. The molecule has 28 heteroatoms. The Balaban J connectivity index is 0.000000139. The Morgan fingerprint density at radius 3 is 0.977 bits per heavy atom. The van der Waals surface area contributed by atoms with E-state index in [1.165, 1.54) is 42.0 Å². The molecular weight excluding hydrogens is 1710 g/mol. The number of hydrogen-bond donors (Lipinski definition) is 9. The molecule has 0 aromatic heterocycles. The van der Waals surface area contributed by atoms with E-state index in [1.54, 1.807) is 98.8 Å². The number of rotatable bonds is 25. The number of nitrogens with zero attached hydrogens (tertiary/aromatic N) is 3. The summed E-state index contributed by atoms with van der Waals surface area (Å²) in [7, 11) is 0. The van der Waals surface area contributed by atoms with Crippen molar-refractivity contribution < 1.29 is 73.5 Å². The molecule has 133 heavy (non-hydrogen) atoms. The van der Waals surface area contributed by atoms with Gasteiger partial charge in [0.05, 0.1) is 5.56 Å². The summed E-state index contributed by atoms with van der Waals surface area (Å²) in [5, 5.41) is 36.6. The highest BCUT2D eigenvalue weighted by molar-refractivity contribution is 6.08. The van der Waals surface area contributed by atoms with Crippen molar-refractivity contribution in [2.24, 2.45) is 15.2 Å². The first-order valence-electron chi connectivity index (χ1n) is 44.9. The summed E-state index contributed by atoms with van der Waals surface area (Å²) >= 11 is 0. The fourth-order valence-corrected chi connectivity index (χ4v) is 17.0. The van der Waals surface area contributed by atoms with E-state index in [1.807, 2.05) is 72.8 Å². The zero-order valence-corrected chi connectivity index (χ0v) is 73.6. The van der Waals surface area contributed by atoms with Gasteiger partial charge in [0, 0.05) is 112 Å². The molecule has 0 saturated carbocycles. The highest BCUT2D eigenvalue weighted by atomic mass is 19.4. The Morgan fingerprint density at radius 2 is 0.639 bits per heavy atom. The van der Waals surface area contributed by atoms with Gasteiger partial charge in [-0.2, -0.15) is 18.3 Å². The number of benzene rings is 12. The minimum absolute atomic E-state index is 0.0382. The van der Waals surface area contributed by atoms with Crippen LogP contribution in [-0.4, -0.2) is 145 Å². The van der Waals surface area contributed by atoms with Crippen LogP contribution in [0.4, 0.5) is 47.8 Å². The van der Waals surface area contributed by atoms with E-state index in [2.05, 4.69) is 94.3 Å².